The Bertz CT molecular complexity index is 661. The zero-order valence-electron chi connectivity index (χ0n) is 13.1. The number of carbonyl (C=O) groups is 1. The summed E-state index contributed by atoms with van der Waals surface area (Å²) in [5.74, 6) is 1.68. The number of hydrogen-bond acceptors (Lipinski definition) is 3. The highest BCUT2D eigenvalue weighted by Gasteiger charge is 2.31. The van der Waals surface area contributed by atoms with Crippen molar-refractivity contribution in [1.82, 2.24) is 4.90 Å². The summed E-state index contributed by atoms with van der Waals surface area (Å²) >= 11 is 0. The second-order valence-corrected chi connectivity index (χ2v) is 5.58. The fraction of sp³-hybridized carbons (Fsp3) is 0.389. The summed E-state index contributed by atoms with van der Waals surface area (Å²) in [5.41, 5.74) is 4.69. The van der Waals surface area contributed by atoms with E-state index in [2.05, 4.69) is 6.58 Å². The van der Waals surface area contributed by atoms with Crippen LogP contribution in [0.1, 0.15) is 30.4 Å². The van der Waals surface area contributed by atoms with Crippen molar-refractivity contribution in [1.29, 1.82) is 0 Å². The first-order valence-electron chi connectivity index (χ1n) is 7.58. The van der Waals surface area contributed by atoms with E-state index in [0.717, 1.165) is 48.6 Å². The van der Waals surface area contributed by atoms with Crippen LogP contribution in [0.5, 0.6) is 11.5 Å². The van der Waals surface area contributed by atoms with E-state index in [1.807, 2.05) is 23.1 Å². The molecule has 1 aromatic rings. The normalized spacial score (nSPS) is 17.0. The maximum absolute atomic E-state index is 12.1. The highest BCUT2D eigenvalue weighted by Crippen LogP contribution is 2.41. The molecule has 2 heterocycles. The molecule has 0 aromatic heterocycles. The third-order valence-corrected chi connectivity index (χ3v) is 4.44. The molecule has 0 spiro atoms. The lowest BCUT2D eigenvalue weighted by Crippen LogP contribution is -2.25. The molecule has 1 aromatic carbocycles. The Morgan fingerprint density at radius 1 is 1.18 bits per heavy atom. The van der Waals surface area contributed by atoms with Gasteiger partial charge in [-0.1, -0.05) is 6.08 Å². The van der Waals surface area contributed by atoms with Crippen LogP contribution in [0.15, 0.2) is 30.5 Å². The van der Waals surface area contributed by atoms with Crippen LogP contribution in [0, 0.1) is 0 Å². The van der Waals surface area contributed by atoms with E-state index < -0.39 is 0 Å². The summed E-state index contributed by atoms with van der Waals surface area (Å²) in [5, 5.41) is 0. The molecule has 0 unspecified atom stereocenters. The van der Waals surface area contributed by atoms with Gasteiger partial charge >= 0.3 is 0 Å². The maximum atomic E-state index is 12.1. The van der Waals surface area contributed by atoms with Gasteiger partial charge in [0, 0.05) is 18.7 Å². The van der Waals surface area contributed by atoms with Crippen molar-refractivity contribution in [3.05, 3.63) is 41.6 Å². The summed E-state index contributed by atoms with van der Waals surface area (Å²) in [6.07, 6.45) is 4.90. The lowest BCUT2D eigenvalue weighted by molar-refractivity contribution is -0.126. The maximum Gasteiger partial charge on any atom is 0.227 e. The van der Waals surface area contributed by atoms with Crippen molar-refractivity contribution < 1.29 is 14.3 Å². The standard InChI is InChI=1S/C18H21NO3/c1-4-5-13-14-11-17(22-3)16(21-2)10-12(14)8-9-19-15(13)6-7-18(19)20/h4,10-11H,1,5-9H2,2-3H3. The number of methoxy groups -OCH3 is 2. The van der Waals surface area contributed by atoms with E-state index in [4.69, 9.17) is 9.47 Å². The van der Waals surface area contributed by atoms with E-state index in [0.29, 0.717) is 6.42 Å². The second kappa shape index (κ2) is 5.87. The Labute approximate surface area is 131 Å². The van der Waals surface area contributed by atoms with Gasteiger partial charge in [0.15, 0.2) is 11.5 Å². The van der Waals surface area contributed by atoms with Crippen molar-refractivity contribution in [2.24, 2.45) is 0 Å². The van der Waals surface area contributed by atoms with Crippen LogP contribution in [-0.4, -0.2) is 31.6 Å². The highest BCUT2D eigenvalue weighted by molar-refractivity contribution is 5.87. The molecule has 0 N–H and O–H groups in total. The number of benzene rings is 1. The Hall–Kier alpha value is -2.23. The largest absolute Gasteiger partial charge is 0.493 e. The monoisotopic (exact) mass is 299 g/mol. The Kier molecular flexibility index (Phi) is 3.92. The molecule has 1 fully saturated rings. The summed E-state index contributed by atoms with van der Waals surface area (Å²) in [6, 6.07) is 4.07. The molecule has 0 bridgehead atoms. The summed E-state index contributed by atoms with van der Waals surface area (Å²) in [6.45, 7) is 4.61. The van der Waals surface area contributed by atoms with E-state index in [1.54, 1.807) is 14.2 Å². The fourth-order valence-corrected chi connectivity index (χ4v) is 3.39. The predicted octanol–water partition coefficient (Wildman–Crippen LogP) is 3.17. The number of rotatable bonds is 4. The Morgan fingerprint density at radius 3 is 2.59 bits per heavy atom. The Morgan fingerprint density at radius 2 is 1.91 bits per heavy atom. The van der Waals surface area contributed by atoms with Gasteiger partial charge in [-0.2, -0.15) is 0 Å². The van der Waals surface area contributed by atoms with Gasteiger partial charge in [0.1, 0.15) is 0 Å². The minimum atomic E-state index is 0.225. The van der Waals surface area contributed by atoms with E-state index >= 15 is 0 Å². The molecular weight excluding hydrogens is 278 g/mol. The molecule has 0 saturated carbocycles. The average molecular weight is 299 g/mol. The number of hydrogen-bond donors (Lipinski definition) is 0. The smallest absolute Gasteiger partial charge is 0.227 e. The Balaban J connectivity index is 2.19. The van der Waals surface area contributed by atoms with Gasteiger partial charge in [-0.15, -0.1) is 6.58 Å². The van der Waals surface area contributed by atoms with Gasteiger partial charge < -0.3 is 14.4 Å². The molecular formula is C18H21NO3. The third kappa shape index (κ3) is 2.28. The van der Waals surface area contributed by atoms with Crippen molar-refractivity contribution in [3.63, 3.8) is 0 Å². The second-order valence-electron chi connectivity index (χ2n) is 5.58. The molecule has 4 nitrogen and oxygen atoms in total. The van der Waals surface area contributed by atoms with E-state index in [-0.39, 0.29) is 5.91 Å². The van der Waals surface area contributed by atoms with Crippen molar-refractivity contribution in [2.45, 2.75) is 25.7 Å². The molecule has 2 aliphatic heterocycles. The van der Waals surface area contributed by atoms with Crippen LogP contribution >= 0.6 is 0 Å². The molecule has 1 amide bonds. The minimum Gasteiger partial charge on any atom is -0.493 e. The van der Waals surface area contributed by atoms with Gasteiger partial charge in [-0.25, -0.2) is 0 Å². The molecule has 1 saturated heterocycles. The van der Waals surface area contributed by atoms with Gasteiger partial charge in [-0.05, 0) is 48.1 Å². The van der Waals surface area contributed by atoms with Gasteiger partial charge in [0.05, 0.1) is 14.2 Å². The molecule has 0 aliphatic carbocycles. The van der Waals surface area contributed by atoms with Crippen LogP contribution in [0.2, 0.25) is 0 Å². The van der Waals surface area contributed by atoms with Gasteiger partial charge in [0.25, 0.3) is 0 Å². The number of allylic oxidation sites excluding steroid dienone is 3. The first-order valence-corrected chi connectivity index (χ1v) is 7.58. The van der Waals surface area contributed by atoms with Crippen LogP contribution in [0.25, 0.3) is 5.57 Å². The predicted molar refractivity (Wildman–Crippen MR) is 85.9 cm³/mol. The molecule has 22 heavy (non-hydrogen) atoms. The summed E-state index contributed by atoms with van der Waals surface area (Å²) in [4.78, 5) is 14.1. The van der Waals surface area contributed by atoms with E-state index in [1.165, 1.54) is 11.1 Å². The number of ether oxygens (including phenoxy) is 2. The average Bonchev–Trinajstić information content (AvgIpc) is 2.82. The van der Waals surface area contributed by atoms with Crippen LogP contribution in [-0.2, 0) is 11.2 Å². The highest BCUT2D eigenvalue weighted by atomic mass is 16.5. The van der Waals surface area contributed by atoms with E-state index in [9.17, 15) is 4.79 Å². The fourth-order valence-electron chi connectivity index (χ4n) is 3.39. The first kappa shape index (κ1) is 14.7. The van der Waals surface area contributed by atoms with Gasteiger partial charge in [0.2, 0.25) is 5.91 Å². The first-order chi connectivity index (χ1) is 10.7. The zero-order valence-corrected chi connectivity index (χ0v) is 13.1. The quantitative estimate of drug-likeness (QED) is 0.802. The lowest BCUT2D eigenvalue weighted by Gasteiger charge is -2.18. The van der Waals surface area contributed by atoms with Crippen LogP contribution in [0.3, 0.4) is 0 Å². The lowest BCUT2D eigenvalue weighted by atomic mass is 9.94. The molecule has 2 aliphatic rings. The van der Waals surface area contributed by atoms with Crippen molar-refractivity contribution >= 4 is 11.5 Å². The number of fused-ring (bicyclic) bond motifs is 2. The minimum absolute atomic E-state index is 0.225. The number of nitrogens with zero attached hydrogens (tertiary/aromatic N) is 1. The molecule has 0 radical (unpaired) electrons. The zero-order chi connectivity index (χ0) is 15.7. The van der Waals surface area contributed by atoms with Crippen LogP contribution < -0.4 is 9.47 Å². The number of amides is 1. The molecule has 0 atom stereocenters. The summed E-state index contributed by atoms with van der Waals surface area (Å²) in [7, 11) is 3.29. The molecule has 116 valence electrons. The van der Waals surface area contributed by atoms with Crippen LogP contribution in [0.4, 0.5) is 0 Å². The number of carbonyl (C=O) groups excluding carboxylic acids is 1. The topological polar surface area (TPSA) is 38.8 Å². The van der Waals surface area contributed by atoms with Crippen molar-refractivity contribution in [2.75, 3.05) is 20.8 Å². The van der Waals surface area contributed by atoms with Crippen molar-refractivity contribution in [3.8, 4) is 11.5 Å². The SMILES string of the molecule is C=CCC1=C2CCC(=O)N2CCc2cc(OC)c(OC)cc21. The summed E-state index contributed by atoms with van der Waals surface area (Å²) < 4.78 is 10.9. The van der Waals surface area contributed by atoms with Gasteiger partial charge in [-0.3, -0.25) is 4.79 Å². The molecule has 3 rings (SSSR count). The third-order valence-electron chi connectivity index (χ3n) is 4.44. The molecule has 4 heteroatoms.